The van der Waals surface area contributed by atoms with Gasteiger partial charge in [0, 0.05) is 41.2 Å². The van der Waals surface area contributed by atoms with Gasteiger partial charge in [0.05, 0.1) is 11.4 Å². The Morgan fingerprint density at radius 3 is 1.02 bits per heavy atom. The summed E-state index contributed by atoms with van der Waals surface area (Å²) in [5.41, 5.74) is 8.54. The molecule has 0 bridgehead atoms. The third-order valence-electron chi connectivity index (χ3n) is 7.40. The molecule has 4 nitrogen and oxygen atoms in total. The van der Waals surface area contributed by atoms with Crippen molar-refractivity contribution in [1.82, 2.24) is 0 Å². The Hall–Kier alpha value is -5.48. The maximum absolute atomic E-state index is 6.46. The molecule has 0 aliphatic carbocycles. The summed E-state index contributed by atoms with van der Waals surface area (Å²) in [5, 5.41) is 0. The topological polar surface area (TPSA) is 19.0 Å². The van der Waals surface area contributed by atoms with Gasteiger partial charge in [-0.15, -0.1) is 0 Å². The van der Waals surface area contributed by atoms with Crippen LogP contribution in [-0.4, -0.2) is 7.05 Å². The van der Waals surface area contributed by atoms with Crippen molar-refractivity contribution in [3.63, 3.8) is 0 Å². The van der Waals surface area contributed by atoms with E-state index in [2.05, 4.69) is 155 Å². The van der Waals surface area contributed by atoms with Crippen molar-refractivity contribution >= 4 is 45.5 Å². The smallest absolute Gasteiger partial charge is 0.151 e. The van der Waals surface area contributed by atoms with E-state index in [0.717, 1.165) is 57.0 Å². The Labute approximate surface area is 240 Å². The van der Waals surface area contributed by atoms with E-state index < -0.39 is 0 Å². The number of rotatable bonds is 6. The highest BCUT2D eigenvalue weighted by molar-refractivity contribution is 5.87. The predicted molar refractivity (Wildman–Crippen MR) is 170 cm³/mol. The molecule has 1 heterocycles. The normalized spacial score (nSPS) is 11.7. The molecule has 4 heteroatoms. The van der Waals surface area contributed by atoms with E-state index >= 15 is 0 Å². The number of hydrogen-bond donors (Lipinski definition) is 0. The zero-order valence-corrected chi connectivity index (χ0v) is 22.8. The number of fused-ring (bicyclic) bond motifs is 2. The molecule has 0 atom stereocenters. The molecule has 0 unspecified atom stereocenters. The van der Waals surface area contributed by atoms with Crippen molar-refractivity contribution in [3.05, 3.63) is 158 Å². The molecule has 7 rings (SSSR count). The van der Waals surface area contributed by atoms with Gasteiger partial charge in [-0.25, -0.2) is 0 Å². The zero-order valence-electron chi connectivity index (χ0n) is 22.8. The lowest BCUT2D eigenvalue weighted by atomic mass is 10.1. The highest BCUT2D eigenvalue weighted by Crippen LogP contribution is 2.50. The fourth-order valence-electron chi connectivity index (χ4n) is 5.44. The van der Waals surface area contributed by atoms with Gasteiger partial charge in [0.2, 0.25) is 0 Å². The van der Waals surface area contributed by atoms with E-state index in [4.69, 9.17) is 4.74 Å². The molecule has 1 aliphatic heterocycles. The minimum absolute atomic E-state index is 0.834. The Bertz CT molecular complexity index is 1560. The molecular formula is C37H29N3O. The molecule has 0 fully saturated rings. The third kappa shape index (κ3) is 4.66. The number of ether oxygens (including phenoxy) is 1. The molecule has 0 saturated carbocycles. The first-order valence-corrected chi connectivity index (χ1v) is 13.8. The molecular weight excluding hydrogens is 502 g/mol. The molecule has 0 amide bonds. The Kier molecular flexibility index (Phi) is 6.34. The van der Waals surface area contributed by atoms with Gasteiger partial charge in [-0.2, -0.15) is 0 Å². The highest BCUT2D eigenvalue weighted by atomic mass is 16.5. The Morgan fingerprint density at radius 2 is 0.707 bits per heavy atom. The molecule has 41 heavy (non-hydrogen) atoms. The van der Waals surface area contributed by atoms with Crippen LogP contribution >= 0.6 is 0 Å². The van der Waals surface area contributed by atoms with Gasteiger partial charge in [-0.3, -0.25) is 0 Å². The van der Waals surface area contributed by atoms with Crippen LogP contribution in [0.1, 0.15) is 0 Å². The number of nitrogens with zero attached hydrogens (tertiary/aromatic N) is 3. The van der Waals surface area contributed by atoms with E-state index in [-0.39, 0.29) is 0 Å². The summed E-state index contributed by atoms with van der Waals surface area (Å²) in [6.07, 6.45) is 0. The van der Waals surface area contributed by atoms with Crippen molar-refractivity contribution in [3.8, 4) is 11.5 Å². The second-order valence-electron chi connectivity index (χ2n) is 9.98. The summed E-state index contributed by atoms with van der Waals surface area (Å²) < 4.78 is 6.46. The van der Waals surface area contributed by atoms with Crippen LogP contribution in [0.15, 0.2) is 158 Å². The lowest BCUT2D eigenvalue weighted by molar-refractivity contribution is 0.475. The van der Waals surface area contributed by atoms with Crippen LogP contribution in [0.2, 0.25) is 0 Å². The zero-order chi connectivity index (χ0) is 27.6. The monoisotopic (exact) mass is 531 g/mol. The van der Waals surface area contributed by atoms with Gasteiger partial charge in [0.1, 0.15) is 0 Å². The first kappa shape index (κ1) is 24.6. The van der Waals surface area contributed by atoms with E-state index in [1.54, 1.807) is 0 Å². The molecule has 6 aromatic carbocycles. The Balaban J connectivity index is 1.30. The van der Waals surface area contributed by atoms with Crippen molar-refractivity contribution in [1.29, 1.82) is 0 Å². The summed E-state index contributed by atoms with van der Waals surface area (Å²) in [4.78, 5) is 6.77. The van der Waals surface area contributed by atoms with Gasteiger partial charge in [0.25, 0.3) is 0 Å². The van der Waals surface area contributed by atoms with E-state index in [1.807, 2.05) is 24.3 Å². The van der Waals surface area contributed by atoms with Gasteiger partial charge in [0.15, 0.2) is 11.5 Å². The maximum Gasteiger partial charge on any atom is 0.151 e. The highest BCUT2D eigenvalue weighted by Gasteiger charge is 2.25. The van der Waals surface area contributed by atoms with Crippen molar-refractivity contribution in [2.45, 2.75) is 0 Å². The second kappa shape index (κ2) is 10.6. The standard InChI is InChI=1S/C37H29N3O/c1-38-34-26-32(39(28-14-6-2-7-15-28)29-16-8-3-9-17-29)22-24-36(34)41-37-25-23-33(27-35(37)38)40(30-18-10-4-11-19-30)31-20-12-5-13-21-31/h2-27H,1H3. The molecule has 0 spiro atoms. The lowest BCUT2D eigenvalue weighted by Gasteiger charge is -2.33. The molecule has 0 N–H and O–H groups in total. The summed E-state index contributed by atoms with van der Waals surface area (Å²) in [6, 6.07) is 54.6. The van der Waals surface area contributed by atoms with Crippen LogP contribution in [0.5, 0.6) is 11.5 Å². The van der Waals surface area contributed by atoms with E-state index in [9.17, 15) is 0 Å². The van der Waals surface area contributed by atoms with Crippen molar-refractivity contribution in [2.24, 2.45) is 0 Å². The number of anilines is 8. The minimum atomic E-state index is 0.834. The maximum atomic E-state index is 6.46. The summed E-state index contributed by atoms with van der Waals surface area (Å²) in [6.45, 7) is 0. The first-order valence-electron chi connectivity index (χ1n) is 13.8. The number of benzene rings is 6. The molecule has 0 aromatic heterocycles. The Morgan fingerprint density at radius 1 is 0.390 bits per heavy atom. The van der Waals surface area contributed by atoms with Crippen LogP contribution in [0, 0.1) is 0 Å². The fraction of sp³-hybridized carbons (Fsp3) is 0.0270. The fourth-order valence-corrected chi connectivity index (χ4v) is 5.44. The average Bonchev–Trinajstić information content (AvgIpc) is 3.04. The predicted octanol–water partition coefficient (Wildman–Crippen LogP) is 10.5. The first-order chi connectivity index (χ1) is 20.3. The summed E-state index contributed by atoms with van der Waals surface area (Å²) >= 11 is 0. The molecule has 6 aromatic rings. The SMILES string of the molecule is CN1c2cc(N(c3ccccc3)c3ccccc3)ccc2Oc2ccc(N(c3ccccc3)c3ccccc3)cc21. The molecule has 1 aliphatic rings. The van der Waals surface area contributed by atoms with E-state index in [1.165, 1.54) is 0 Å². The van der Waals surface area contributed by atoms with Crippen LogP contribution < -0.4 is 19.4 Å². The quantitative estimate of drug-likeness (QED) is 0.213. The van der Waals surface area contributed by atoms with Gasteiger partial charge >= 0.3 is 0 Å². The summed E-state index contributed by atoms with van der Waals surface area (Å²) in [7, 11) is 2.11. The second-order valence-corrected chi connectivity index (χ2v) is 9.98. The summed E-state index contributed by atoms with van der Waals surface area (Å²) in [5.74, 6) is 1.67. The molecule has 198 valence electrons. The third-order valence-corrected chi connectivity index (χ3v) is 7.40. The average molecular weight is 532 g/mol. The van der Waals surface area contributed by atoms with Crippen LogP contribution in [0.4, 0.5) is 45.5 Å². The minimum Gasteiger partial charge on any atom is -0.453 e. The molecule has 0 radical (unpaired) electrons. The van der Waals surface area contributed by atoms with Crippen molar-refractivity contribution in [2.75, 3.05) is 21.7 Å². The van der Waals surface area contributed by atoms with Crippen LogP contribution in [0.25, 0.3) is 0 Å². The lowest BCUT2D eigenvalue weighted by Crippen LogP contribution is -2.18. The van der Waals surface area contributed by atoms with Crippen LogP contribution in [0.3, 0.4) is 0 Å². The molecule has 0 saturated heterocycles. The van der Waals surface area contributed by atoms with Gasteiger partial charge < -0.3 is 19.4 Å². The largest absolute Gasteiger partial charge is 0.453 e. The van der Waals surface area contributed by atoms with Crippen LogP contribution in [-0.2, 0) is 0 Å². The van der Waals surface area contributed by atoms with Crippen molar-refractivity contribution < 1.29 is 4.74 Å². The number of hydrogen-bond acceptors (Lipinski definition) is 4. The number of para-hydroxylation sites is 4. The van der Waals surface area contributed by atoms with Gasteiger partial charge in [-0.1, -0.05) is 72.8 Å². The van der Waals surface area contributed by atoms with Gasteiger partial charge in [-0.05, 0) is 84.9 Å². The van der Waals surface area contributed by atoms with E-state index in [0.29, 0.717) is 0 Å².